The minimum atomic E-state index is -0.913. The molecule has 1 unspecified atom stereocenters. The summed E-state index contributed by atoms with van der Waals surface area (Å²) < 4.78 is 0. The Hall–Kier alpha value is -1.30. The number of carbonyl (C=O) groups excluding carboxylic acids is 1. The Morgan fingerprint density at radius 3 is 2.58 bits per heavy atom. The molecule has 6 heteroatoms. The van der Waals surface area contributed by atoms with E-state index in [1.807, 2.05) is 6.92 Å². The summed E-state index contributed by atoms with van der Waals surface area (Å²) in [5.74, 6) is -0.913. The number of rotatable bonds is 6. The highest BCUT2D eigenvalue weighted by molar-refractivity contribution is 5.83. The number of nitrogens with zero attached hydrogens (tertiary/aromatic N) is 2. The van der Waals surface area contributed by atoms with E-state index in [2.05, 4.69) is 24.1 Å². The minimum absolute atomic E-state index is 0.0162. The summed E-state index contributed by atoms with van der Waals surface area (Å²) in [5, 5.41) is 11.9. The van der Waals surface area contributed by atoms with Crippen molar-refractivity contribution < 1.29 is 14.7 Å². The number of aliphatic carboxylic acids is 1. The standard InChI is InChI=1S/C13H25N3O3/c1-4-15(5-2)9-10(3)14-13(19)16-8-6-7-11(16)12(17)18/h10-11H,4-9H2,1-3H3,(H,14,19)(H,17,18)/t10?,11-/m0/s1. The molecule has 1 fully saturated rings. The summed E-state index contributed by atoms with van der Waals surface area (Å²) in [6, 6.07) is -0.910. The van der Waals surface area contributed by atoms with E-state index < -0.39 is 12.0 Å². The Balaban J connectivity index is 2.47. The molecule has 19 heavy (non-hydrogen) atoms. The molecule has 1 heterocycles. The monoisotopic (exact) mass is 271 g/mol. The first kappa shape index (κ1) is 15.8. The number of nitrogens with one attached hydrogen (secondary N) is 1. The van der Waals surface area contributed by atoms with Crippen LogP contribution in [0.4, 0.5) is 4.79 Å². The van der Waals surface area contributed by atoms with E-state index in [9.17, 15) is 9.59 Å². The summed E-state index contributed by atoms with van der Waals surface area (Å²) in [5.41, 5.74) is 0. The molecule has 0 radical (unpaired) electrons. The molecule has 2 N–H and O–H groups in total. The van der Waals surface area contributed by atoms with Crippen LogP contribution in [0.15, 0.2) is 0 Å². The van der Waals surface area contributed by atoms with E-state index in [1.165, 1.54) is 4.90 Å². The van der Waals surface area contributed by atoms with Crippen molar-refractivity contribution in [3.8, 4) is 0 Å². The van der Waals surface area contributed by atoms with Gasteiger partial charge in [-0.15, -0.1) is 0 Å². The van der Waals surface area contributed by atoms with Crippen molar-refractivity contribution in [2.45, 2.75) is 45.7 Å². The third-order valence-corrected chi connectivity index (χ3v) is 3.60. The molecule has 1 aliphatic heterocycles. The van der Waals surface area contributed by atoms with E-state index in [0.29, 0.717) is 13.0 Å². The number of urea groups is 1. The van der Waals surface area contributed by atoms with E-state index in [-0.39, 0.29) is 12.1 Å². The van der Waals surface area contributed by atoms with Gasteiger partial charge in [-0.2, -0.15) is 0 Å². The number of likely N-dealkylation sites (tertiary alicyclic amines) is 1. The number of carbonyl (C=O) groups is 2. The quantitative estimate of drug-likeness (QED) is 0.755. The molecule has 0 aromatic rings. The van der Waals surface area contributed by atoms with E-state index in [1.54, 1.807) is 0 Å². The first-order valence-electron chi connectivity index (χ1n) is 7.01. The van der Waals surface area contributed by atoms with Crippen molar-refractivity contribution in [3.63, 3.8) is 0 Å². The Kier molecular flexibility index (Phi) is 6.08. The van der Waals surface area contributed by atoms with Crippen LogP contribution in [0.25, 0.3) is 0 Å². The van der Waals surface area contributed by atoms with Gasteiger partial charge in [0.1, 0.15) is 6.04 Å². The lowest BCUT2D eigenvalue weighted by Crippen LogP contribution is -2.50. The average Bonchev–Trinajstić information content (AvgIpc) is 2.85. The predicted molar refractivity (Wildman–Crippen MR) is 73.1 cm³/mol. The molecule has 0 saturated carbocycles. The van der Waals surface area contributed by atoms with Crippen molar-refractivity contribution in [1.82, 2.24) is 15.1 Å². The van der Waals surface area contributed by atoms with Crippen LogP contribution in [0, 0.1) is 0 Å². The fraction of sp³-hybridized carbons (Fsp3) is 0.846. The average molecular weight is 271 g/mol. The second kappa shape index (κ2) is 7.33. The Morgan fingerprint density at radius 1 is 1.42 bits per heavy atom. The van der Waals surface area contributed by atoms with Crippen molar-refractivity contribution >= 4 is 12.0 Å². The van der Waals surface area contributed by atoms with Gasteiger partial charge in [-0.1, -0.05) is 13.8 Å². The first-order valence-corrected chi connectivity index (χ1v) is 7.01. The molecule has 6 nitrogen and oxygen atoms in total. The first-order chi connectivity index (χ1) is 8.99. The van der Waals surface area contributed by atoms with Crippen molar-refractivity contribution in [2.75, 3.05) is 26.2 Å². The molecule has 2 amide bonds. The van der Waals surface area contributed by atoms with Crippen LogP contribution < -0.4 is 5.32 Å². The maximum Gasteiger partial charge on any atom is 0.326 e. The molecule has 0 aromatic carbocycles. The van der Waals surface area contributed by atoms with Gasteiger partial charge in [0.2, 0.25) is 0 Å². The third kappa shape index (κ3) is 4.38. The van der Waals surface area contributed by atoms with Gasteiger partial charge in [0.05, 0.1) is 0 Å². The Bertz CT molecular complexity index is 318. The number of carboxylic acids is 1. The van der Waals surface area contributed by atoms with Gasteiger partial charge in [0.15, 0.2) is 0 Å². The number of likely N-dealkylation sites (N-methyl/N-ethyl adjacent to an activating group) is 1. The highest BCUT2D eigenvalue weighted by Crippen LogP contribution is 2.17. The number of hydrogen-bond acceptors (Lipinski definition) is 3. The minimum Gasteiger partial charge on any atom is -0.480 e. The van der Waals surface area contributed by atoms with Crippen LogP contribution >= 0.6 is 0 Å². The summed E-state index contributed by atoms with van der Waals surface area (Å²) in [6.07, 6.45) is 1.31. The van der Waals surface area contributed by atoms with E-state index >= 15 is 0 Å². The molecule has 0 aromatic heterocycles. The molecule has 1 rings (SSSR count). The largest absolute Gasteiger partial charge is 0.480 e. The summed E-state index contributed by atoms with van der Waals surface area (Å²) >= 11 is 0. The predicted octanol–water partition coefficient (Wildman–Crippen LogP) is 0.975. The van der Waals surface area contributed by atoms with Gasteiger partial charge in [-0.05, 0) is 32.9 Å². The van der Waals surface area contributed by atoms with E-state index in [4.69, 9.17) is 5.11 Å². The number of carboxylic acid groups (broad SMARTS) is 1. The zero-order valence-electron chi connectivity index (χ0n) is 12.1. The molecule has 2 atom stereocenters. The molecular weight excluding hydrogens is 246 g/mol. The van der Waals surface area contributed by atoms with Crippen molar-refractivity contribution in [3.05, 3.63) is 0 Å². The Morgan fingerprint density at radius 2 is 2.05 bits per heavy atom. The van der Waals surface area contributed by atoms with Crippen LogP contribution in [0.2, 0.25) is 0 Å². The number of hydrogen-bond donors (Lipinski definition) is 2. The fourth-order valence-electron chi connectivity index (χ4n) is 2.47. The van der Waals surface area contributed by atoms with Gasteiger partial charge in [-0.3, -0.25) is 0 Å². The molecule has 0 bridgehead atoms. The highest BCUT2D eigenvalue weighted by atomic mass is 16.4. The maximum absolute atomic E-state index is 12.1. The highest BCUT2D eigenvalue weighted by Gasteiger charge is 2.34. The number of amides is 2. The summed E-state index contributed by atoms with van der Waals surface area (Å²) in [7, 11) is 0. The SMILES string of the molecule is CCN(CC)CC(C)NC(=O)N1CCC[C@H]1C(=O)O. The second-order valence-corrected chi connectivity index (χ2v) is 5.03. The molecule has 1 saturated heterocycles. The summed E-state index contributed by atoms with van der Waals surface area (Å²) in [6.45, 7) is 9.31. The topological polar surface area (TPSA) is 72.9 Å². The maximum atomic E-state index is 12.1. The van der Waals surface area contributed by atoms with Crippen LogP contribution in [0.1, 0.15) is 33.6 Å². The van der Waals surface area contributed by atoms with Gasteiger partial charge in [-0.25, -0.2) is 9.59 Å². The van der Waals surface area contributed by atoms with Gasteiger partial charge < -0.3 is 20.2 Å². The van der Waals surface area contributed by atoms with Crippen LogP contribution in [-0.2, 0) is 4.79 Å². The van der Waals surface area contributed by atoms with Gasteiger partial charge in [0, 0.05) is 19.1 Å². The molecule has 0 spiro atoms. The zero-order chi connectivity index (χ0) is 14.4. The van der Waals surface area contributed by atoms with Crippen LogP contribution in [0.5, 0.6) is 0 Å². The third-order valence-electron chi connectivity index (χ3n) is 3.60. The van der Waals surface area contributed by atoms with Crippen molar-refractivity contribution in [1.29, 1.82) is 0 Å². The molecule has 110 valence electrons. The lowest BCUT2D eigenvalue weighted by molar-refractivity contribution is -0.141. The molecular formula is C13H25N3O3. The Labute approximate surface area is 114 Å². The summed E-state index contributed by atoms with van der Waals surface area (Å²) in [4.78, 5) is 26.8. The fourth-order valence-corrected chi connectivity index (χ4v) is 2.47. The van der Waals surface area contributed by atoms with Crippen molar-refractivity contribution in [2.24, 2.45) is 0 Å². The second-order valence-electron chi connectivity index (χ2n) is 5.03. The lowest BCUT2D eigenvalue weighted by atomic mass is 10.2. The van der Waals surface area contributed by atoms with E-state index in [0.717, 1.165) is 26.1 Å². The molecule has 1 aliphatic rings. The van der Waals surface area contributed by atoms with Gasteiger partial charge in [0.25, 0.3) is 0 Å². The molecule has 0 aliphatic carbocycles. The van der Waals surface area contributed by atoms with Crippen LogP contribution in [-0.4, -0.2) is 65.2 Å². The smallest absolute Gasteiger partial charge is 0.326 e. The zero-order valence-corrected chi connectivity index (χ0v) is 12.1. The van der Waals surface area contributed by atoms with Gasteiger partial charge >= 0.3 is 12.0 Å². The van der Waals surface area contributed by atoms with Crippen LogP contribution in [0.3, 0.4) is 0 Å². The lowest BCUT2D eigenvalue weighted by Gasteiger charge is -2.27. The normalized spacial score (nSPS) is 20.6.